The molecule has 1 N–H and O–H groups in total. The Morgan fingerprint density at radius 2 is 2.25 bits per heavy atom. The molecular weight excluding hydrogens is 324 g/mol. The number of ether oxygens (including phenoxy) is 1. The molecule has 0 fully saturated rings. The van der Waals surface area contributed by atoms with Crippen LogP contribution < -0.4 is 5.32 Å². The van der Waals surface area contributed by atoms with Crippen molar-refractivity contribution in [3.63, 3.8) is 0 Å². The molecule has 6 nitrogen and oxygen atoms in total. The lowest BCUT2D eigenvalue weighted by Gasteiger charge is -2.09. The van der Waals surface area contributed by atoms with E-state index in [4.69, 9.17) is 4.74 Å². The molecule has 0 aromatic carbocycles. The van der Waals surface area contributed by atoms with Gasteiger partial charge in [0, 0.05) is 19.9 Å². The Morgan fingerprint density at radius 3 is 2.95 bits per heavy atom. The number of rotatable bonds is 6. The molecule has 0 aliphatic carbocycles. The minimum Gasteiger partial charge on any atom is -0.383 e. The van der Waals surface area contributed by atoms with Crippen molar-refractivity contribution in [1.82, 2.24) is 15.0 Å². The molecule has 0 spiro atoms. The fraction of sp³-hybridized carbons (Fsp3) is 0.231. The van der Waals surface area contributed by atoms with Crippen molar-refractivity contribution in [1.29, 1.82) is 0 Å². The van der Waals surface area contributed by atoms with E-state index in [0.717, 1.165) is 0 Å². The molecule has 0 atom stereocenters. The lowest BCUT2D eigenvalue weighted by atomic mass is 10.2. The van der Waals surface area contributed by atoms with Crippen LogP contribution in [0, 0.1) is 0 Å². The third-order valence-corrected chi connectivity index (χ3v) is 2.84. The summed E-state index contributed by atoms with van der Waals surface area (Å²) in [5.74, 6) is 0.139. The lowest BCUT2D eigenvalue weighted by Crippen LogP contribution is -2.15. The van der Waals surface area contributed by atoms with Crippen molar-refractivity contribution in [2.45, 2.75) is 0 Å². The van der Waals surface area contributed by atoms with Crippen molar-refractivity contribution in [3.05, 3.63) is 46.6 Å². The zero-order valence-corrected chi connectivity index (χ0v) is 12.4. The van der Waals surface area contributed by atoms with Crippen LogP contribution in [0.15, 0.2) is 35.2 Å². The number of ketones is 1. The van der Waals surface area contributed by atoms with E-state index in [1.165, 1.54) is 6.20 Å². The quantitative estimate of drug-likeness (QED) is 0.641. The number of nitrogens with one attached hydrogen (secondary N) is 1. The molecular formula is C13H13BrN4O2. The van der Waals surface area contributed by atoms with Crippen LogP contribution in [0.2, 0.25) is 0 Å². The Bertz CT molecular complexity index is 592. The van der Waals surface area contributed by atoms with Gasteiger partial charge >= 0.3 is 0 Å². The molecule has 104 valence electrons. The summed E-state index contributed by atoms with van der Waals surface area (Å²) in [4.78, 5) is 24.8. The summed E-state index contributed by atoms with van der Waals surface area (Å²) in [6.45, 7) is 1.05. The van der Waals surface area contributed by atoms with E-state index < -0.39 is 0 Å². The molecule has 0 radical (unpaired) electrons. The lowest BCUT2D eigenvalue weighted by molar-refractivity contribution is 0.103. The maximum atomic E-state index is 12.4. The van der Waals surface area contributed by atoms with Crippen LogP contribution >= 0.6 is 15.9 Å². The zero-order chi connectivity index (χ0) is 14.4. The number of halogens is 1. The highest BCUT2D eigenvalue weighted by Crippen LogP contribution is 2.16. The van der Waals surface area contributed by atoms with E-state index in [1.54, 1.807) is 31.5 Å². The van der Waals surface area contributed by atoms with Crippen molar-refractivity contribution in [3.8, 4) is 0 Å². The molecule has 0 aliphatic heterocycles. The van der Waals surface area contributed by atoms with Crippen LogP contribution in [0.25, 0.3) is 0 Å². The van der Waals surface area contributed by atoms with Gasteiger partial charge in [-0.3, -0.25) is 9.78 Å². The minimum atomic E-state index is -0.278. The summed E-state index contributed by atoms with van der Waals surface area (Å²) in [5, 5.41) is 3.02. The Morgan fingerprint density at radius 1 is 1.40 bits per heavy atom. The van der Waals surface area contributed by atoms with Gasteiger partial charge in [-0.05, 0) is 28.1 Å². The average Bonchev–Trinajstić information content (AvgIpc) is 2.49. The first-order valence-electron chi connectivity index (χ1n) is 5.93. The number of carbonyl (C=O) groups excluding carboxylic acids is 1. The van der Waals surface area contributed by atoms with Gasteiger partial charge in [0.25, 0.3) is 0 Å². The van der Waals surface area contributed by atoms with Crippen LogP contribution in [0.5, 0.6) is 0 Å². The fourth-order valence-electron chi connectivity index (χ4n) is 1.55. The van der Waals surface area contributed by atoms with Crippen LogP contribution in [-0.4, -0.2) is 41.0 Å². The van der Waals surface area contributed by atoms with Gasteiger partial charge in [-0.1, -0.05) is 6.07 Å². The van der Waals surface area contributed by atoms with Gasteiger partial charge in [-0.2, -0.15) is 0 Å². The third-order valence-electron chi connectivity index (χ3n) is 2.45. The van der Waals surface area contributed by atoms with Crippen molar-refractivity contribution < 1.29 is 9.53 Å². The van der Waals surface area contributed by atoms with E-state index >= 15 is 0 Å². The highest BCUT2D eigenvalue weighted by Gasteiger charge is 2.18. The van der Waals surface area contributed by atoms with E-state index in [1.807, 2.05) is 0 Å². The molecule has 7 heteroatoms. The smallest absolute Gasteiger partial charge is 0.233 e. The predicted molar refractivity (Wildman–Crippen MR) is 77.8 cm³/mol. The first kappa shape index (κ1) is 14.5. The number of carbonyl (C=O) groups is 1. The van der Waals surface area contributed by atoms with Gasteiger partial charge < -0.3 is 10.1 Å². The number of pyridine rings is 1. The second kappa shape index (κ2) is 7.06. The standard InChI is InChI=1S/C13H13BrN4O2/c1-20-7-6-16-13-11(18-10(14)8-17-13)12(19)9-4-2-3-5-15-9/h2-5,8H,6-7H2,1H3,(H,16,17). The number of methoxy groups -OCH3 is 1. The summed E-state index contributed by atoms with van der Waals surface area (Å²) in [5.41, 5.74) is 0.559. The highest BCUT2D eigenvalue weighted by molar-refractivity contribution is 9.10. The van der Waals surface area contributed by atoms with Crippen molar-refractivity contribution in [2.75, 3.05) is 25.6 Å². The van der Waals surface area contributed by atoms with Gasteiger partial charge in [0.05, 0.1) is 12.8 Å². The monoisotopic (exact) mass is 336 g/mol. The molecule has 20 heavy (non-hydrogen) atoms. The number of hydrogen-bond acceptors (Lipinski definition) is 6. The van der Waals surface area contributed by atoms with Gasteiger partial charge in [0.1, 0.15) is 10.3 Å². The second-order valence-electron chi connectivity index (χ2n) is 3.85. The number of nitrogens with zero attached hydrogens (tertiary/aromatic N) is 3. The highest BCUT2D eigenvalue weighted by atomic mass is 79.9. The molecule has 0 bridgehead atoms. The maximum absolute atomic E-state index is 12.4. The Hall–Kier alpha value is -1.86. The predicted octanol–water partition coefficient (Wildman–Crippen LogP) is 1.92. The number of anilines is 1. The molecule has 0 saturated carbocycles. The van der Waals surface area contributed by atoms with Gasteiger partial charge in [-0.15, -0.1) is 0 Å². The van der Waals surface area contributed by atoms with E-state index in [-0.39, 0.29) is 11.5 Å². The molecule has 2 aromatic rings. The Labute approximate surface area is 124 Å². The number of hydrogen-bond donors (Lipinski definition) is 1. The SMILES string of the molecule is COCCNc1ncc(Br)nc1C(=O)c1ccccn1. The van der Waals surface area contributed by atoms with E-state index in [9.17, 15) is 4.79 Å². The van der Waals surface area contributed by atoms with Crippen LogP contribution in [-0.2, 0) is 4.74 Å². The Kier molecular flexibility index (Phi) is 5.14. The largest absolute Gasteiger partial charge is 0.383 e. The second-order valence-corrected chi connectivity index (χ2v) is 4.67. The first-order valence-corrected chi connectivity index (χ1v) is 6.72. The van der Waals surface area contributed by atoms with E-state index in [2.05, 4.69) is 36.2 Å². The van der Waals surface area contributed by atoms with Crippen LogP contribution in [0.3, 0.4) is 0 Å². The molecule has 0 aliphatic rings. The fourth-order valence-corrected chi connectivity index (χ4v) is 1.82. The molecule has 2 aromatic heterocycles. The third kappa shape index (κ3) is 3.58. The minimum absolute atomic E-state index is 0.231. The molecule has 2 heterocycles. The maximum Gasteiger partial charge on any atom is 0.233 e. The summed E-state index contributed by atoms with van der Waals surface area (Å²) >= 11 is 3.22. The van der Waals surface area contributed by atoms with Gasteiger partial charge in [-0.25, -0.2) is 9.97 Å². The first-order chi connectivity index (χ1) is 9.72. The average molecular weight is 337 g/mol. The van der Waals surface area contributed by atoms with Crippen molar-refractivity contribution >= 4 is 27.5 Å². The normalized spacial score (nSPS) is 10.3. The molecule has 0 unspecified atom stereocenters. The van der Waals surface area contributed by atoms with E-state index in [0.29, 0.717) is 29.3 Å². The van der Waals surface area contributed by atoms with Crippen molar-refractivity contribution in [2.24, 2.45) is 0 Å². The van der Waals surface area contributed by atoms with Gasteiger partial charge in [0.2, 0.25) is 5.78 Å². The number of aromatic nitrogens is 3. The summed E-state index contributed by atoms with van der Waals surface area (Å²) < 4.78 is 5.45. The summed E-state index contributed by atoms with van der Waals surface area (Å²) in [6, 6.07) is 5.15. The molecule has 2 rings (SSSR count). The zero-order valence-electron chi connectivity index (χ0n) is 10.8. The van der Waals surface area contributed by atoms with Crippen LogP contribution in [0.4, 0.5) is 5.82 Å². The van der Waals surface area contributed by atoms with Gasteiger partial charge in [0.15, 0.2) is 11.5 Å². The van der Waals surface area contributed by atoms with Crippen LogP contribution in [0.1, 0.15) is 16.2 Å². The summed E-state index contributed by atoms with van der Waals surface area (Å²) in [6.07, 6.45) is 3.10. The Balaban J connectivity index is 2.29. The molecule has 0 saturated heterocycles. The molecule has 0 amide bonds. The topological polar surface area (TPSA) is 77.0 Å². The summed E-state index contributed by atoms with van der Waals surface area (Å²) in [7, 11) is 1.61.